The number of carbonyl (C=O) groups is 1. The molecule has 8 nitrogen and oxygen atoms in total. The van der Waals surface area contributed by atoms with Crippen molar-refractivity contribution in [1.29, 1.82) is 0 Å². The van der Waals surface area contributed by atoms with Crippen LogP contribution in [0.5, 0.6) is 0 Å². The van der Waals surface area contributed by atoms with Gasteiger partial charge in [-0.15, -0.1) is 0 Å². The number of rotatable bonds is 9. The molecule has 200 valence electrons. The Morgan fingerprint density at radius 2 is 1.87 bits per heavy atom. The zero-order valence-corrected chi connectivity index (χ0v) is 22.7. The molecule has 2 aromatic carbocycles. The lowest BCUT2D eigenvalue weighted by molar-refractivity contribution is 0.0601. The van der Waals surface area contributed by atoms with E-state index in [2.05, 4.69) is 5.10 Å². The highest BCUT2D eigenvalue weighted by Gasteiger charge is 2.33. The maximum absolute atomic E-state index is 14.4. The molecule has 1 amide bonds. The summed E-state index contributed by atoms with van der Waals surface area (Å²) in [7, 11) is 0. The van der Waals surface area contributed by atoms with Crippen molar-refractivity contribution < 1.29 is 9.18 Å². The second-order valence-corrected chi connectivity index (χ2v) is 10.1. The lowest BCUT2D eigenvalue weighted by Crippen LogP contribution is -2.43. The molecule has 2 N–H and O–H groups in total. The molecule has 1 atom stereocenters. The first kappa shape index (κ1) is 27.5. The van der Waals surface area contributed by atoms with Crippen molar-refractivity contribution in [3.05, 3.63) is 98.1 Å². The Kier molecular flexibility index (Phi) is 8.28. The predicted molar refractivity (Wildman–Crippen MR) is 146 cm³/mol. The standard InChI is InChI=1S/C28H32ClFN6O2/c1-17(2)24(34(14-8-13-31)27(37)21-12-11-18(3)22(30)15-21)26-32-25-23(29)19(4)33-36(25)28(38)35(26)16-20-9-6-5-7-10-20/h5-7,9-12,15,17,24H,8,13-14,16,31H2,1-4H3. The van der Waals surface area contributed by atoms with Gasteiger partial charge in [-0.3, -0.25) is 9.36 Å². The molecule has 1 unspecified atom stereocenters. The smallest absolute Gasteiger partial charge is 0.330 e. The van der Waals surface area contributed by atoms with E-state index in [9.17, 15) is 14.0 Å². The molecule has 10 heteroatoms. The molecule has 0 saturated heterocycles. The van der Waals surface area contributed by atoms with Crippen LogP contribution in [-0.4, -0.2) is 43.1 Å². The van der Waals surface area contributed by atoms with E-state index in [-0.39, 0.29) is 34.6 Å². The Bertz CT molecular complexity index is 1520. The zero-order valence-electron chi connectivity index (χ0n) is 22.0. The van der Waals surface area contributed by atoms with Crippen molar-refractivity contribution in [2.45, 2.75) is 46.7 Å². The topological polar surface area (TPSA) is 98.5 Å². The van der Waals surface area contributed by atoms with Crippen LogP contribution in [0.3, 0.4) is 0 Å². The monoisotopic (exact) mass is 538 g/mol. The molecule has 4 rings (SSSR count). The number of halogens is 2. The van der Waals surface area contributed by atoms with Crippen LogP contribution in [0.25, 0.3) is 5.65 Å². The normalized spacial score (nSPS) is 12.3. The molecule has 4 aromatic rings. The summed E-state index contributed by atoms with van der Waals surface area (Å²) < 4.78 is 17.2. The third-order valence-electron chi connectivity index (χ3n) is 6.57. The van der Waals surface area contributed by atoms with Crippen LogP contribution in [0, 0.1) is 25.6 Å². The zero-order chi connectivity index (χ0) is 27.6. The molecule has 2 aromatic heterocycles. The molecule has 0 spiro atoms. The Morgan fingerprint density at radius 1 is 1.16 bits per heavy atom. The van der Waals surface area contributed by atoms with Crippen LogP contribution in [0.1, 0.15) is 59.3 Å². The molecule has 0 aliphatic heterocycles. The molecule has 0 saturated carbocycles. The Balaban J connectivity index is 1.95. The predicted octanol–water partition coefficient (Wildman–Crippen LogP) is 4.54. The van der Waals surface area contributed by atoms with Crippen LogP contribution in [0.15, 0.2) is 53.3 Å². The first-order valence-corrected chi connectivity index (χ1v) is 13.0. The maximum Gasteiger partial charge on any atom is 0.352 e. The summed E-state index contributed by atoms with van der Waals surface area (Å²) in [6.07, 6.45) is 0.515. The minimum absolute atomic E-state index is 0.161. The fourth-order valence-electron chi connectivity index (χ4n) is 4.57. The van der Waals surface area contributed by atoms with Gasteiger partial charge in [0, 0.05) is 12.1 Å². The van der Waals surface area contributed by atoms with Crippen LogP contribution >= 0.6 is 11.6 Å². The number of nitrogens with two attached hydrogens (primary N) is 1. The van der Waals surface area contributed by atoms with Gasteiger partial charge in [-0.2, -0.15) is 9.61 Å². The molecule has 38 heavy (non-hydrogen) atoms. The molecular formula is C28H32ClFN6O2. The quantitative estimate of drug-likeness (QED) is 0.337. The van der Waals surface area contributed by atoms with Gasteiger partial charge in [-0.25, -0.2) is 14.2 Å². The fraction of sp³-hybridized carbons (Fsp3) is 0.357. The van der Waals surface area contributed by atoms with E-state index in [1.807, 2.05) is 44.2 Å². The Morgan fingerprint density at radius 3 is 2.50 bits per heavy atom. The fourth-order valence-corrected chi connectivity index (χ4v) is 4.73. The molecule has 0 fully saturated rings. The van der Waals surface area contributed by atoms with Crippen molar-refractivity contribution in [2.75, 3.05) is 13.1 Å². The van der Waals surface area contributed by atoms with Gasteiger partial charge in [0.2, 0.25) is 0 Å². The second kappa shape index (κ2) is 11.4. The number of benzene rings is 2. The van der Waals surface area contributed by atoms with Crippen molar-refractivity contribution in [3.63, 3.8) is 0 Å². The van der Waals surface area contributed by atoms with Gasteiger partial charge < -0.3 is 10.6 Å². The van der Waals surface area contributed by atoms with Crippen LogP contribution in [-0.2, 0) is 6.54 Å². The van der Waals surface area contributed by atoms with E-state index < -0.39 is 17.5 Å². The first-order valence-electron chi connectivity index (χ1n) is 12.6. The van der Waals surface area contributed by atoms with E-state index in [1.165, 1.54) is 15.1 Å². The molecule has 0 bridgehead atoms. The van der Waals surface area contributed by atoms with Gasteiger partial charge in [0.15, 0.2) is 5.65 Å². The lowest BCUT2D eigenvalue weighted by atomic mass is 9.99. The summed E-state index contributed by atoms with van der Waals surface area (Å²) in [5.41, 5.74) is 7.67. The molecule has 0 aliphatic carbocycles. The highest BCUT2D eigenvalue weighted by atomic mass is 35.5. The van der Waals surface area contributed by atoms with Crippen LogP contribution in [0.4, 0.5) is 4.39 Å². The number of aromatic nitrogens is 4. The number of aryl methyl sites for hydroxylation is 2. The number of carbonyl (C=O) groups excluding carboxylic acids is 1. The van der Waals surface area contributed by atoms with Crippen LogP contribution in [0.2, 0.25) is 5.02 Å². The SMILES string of the molecule is Cc1ccc(C(=O)N(CCCN)C(c2nc3c(Cl)c(C)nn3c(=O)n2Cc2ccccc2)C(C)C)cc1F. The van der Waals surface area contributed by atoms with Gasteiger partial charge >= 0.3 is 5.69 Å². The largest absolute Gasteiger partial charge is 0.352 e. The van der Waals surface area contributed by atoms with E-state index >= 15 is 0 Å². The average molecular weight is 539 g/mol. The van der Waals surface area contributed by atoms with E-state index in [1.54, 1.807) is 30.9 Å². The number of nitrogens with zero attached hydrogens (tertiary/aromatic N) is 5. The van der Waals surface area contributed by atoms with Crippen molar-refractivity contribution >= 4 is 23.2 Å². The highest BCUT2D eigenvalue weighted by Crippen LogP contribution is 2.31. The summed E-state index contributed by atoms with van der Waals surface area (Å²) in [5.74, 6) is -0.614. The number of hydrogen-bond acceptors (Lipinski definition) is 5. The third-order valence-corrected chi connectivity index (χ3v) is 7.01. The average Bonchev–Trinajstić information content (AvgIpc) is 3.18. The number of hydrogen-bond donors (Lipinski definition) is 1. The van der Waals surface area contributed by atoms with E-state index in [0.717, 1.165) is 5.56 Å². The summed E-state index contributed by atoms with van der Waals surface area (Å²) >= 11 is 6.50. The third kappa shape index (κ3) is 5.35. The summed E-state index contributed by atoms with van der Waals surface area (Å²) in [5, 5.41) is 4.58. The van der Waals surface area contributed by atoms with Gasteiger partial charge in [-0.05, 0) is 56.0 Å². The minimum atomic E-state index is -0.633. The van der Waals surface area contributed by atoms with Gasteiger partial charge in [-0.1, -0.05) is 61.8 Å². The van der Waals surface area contributed by atoms with Gasteiger partial charge in [0.1, 0.15) is 16.7 Å². The number of fused-ring (bicyclic) bond motifs is 1. The lowest BCUT2D eigenvalue weighted by Gasteiger charge is -2.35. The summed E-state index contributed by atoms with van der Waals surface area (Å²) in [6.45, 7) is 8.13. The van der Waals surface area contributed by atoms with Crippen LogP contribution < -0.4 is 11.4 Å². The molecule has 0 aliphatic rings. The Hall–Kier alpha value is -3.56. The minimum Gasteiger partial charge on any atom is -0.330 e. The maximum atomic E-state index is 14.4. The van der Waals surface area contributed by atoms with Crippen molar-refractivity contribution in [1.82, 2.24) is 24.1 Å². The second-order valence-electron chi connectivity index (χ2n) is 9.75. The number of amides is 1. The first-order chi connectivity index (χ1) is 18.1. The van der Waals surface area contributed by atoms with Crippen molar-refractivity contribution in [2.24, 2.45) is 11.7 Å². The highest BCUT2D eigenvalue weighted by molar-refractivity contribution is 6.34. The molecule has 0 radical (unpaired) electrons. The molecular weight excluding hydrogens is 507 g/mol. The summed E-state index contributed by atoms with van der Waals surface area (Å²) in [6, 6.07) is 13.3. The Labute approximate surface area is 225 Å². The molecule has 2 heterocycles. The van der Waals surface area contributed by atoms with E-state index in [0.29, 0.717) is 36.6 Å². The van der Waals surface area contributed by atoms with E-state index in [4.69, 9.17) is 22.3 Å². The van der Waals surface area contributed by atoms with Gasteiger partial charge in [0.05, 0.1) is 18.3 Å². The van der Waals surface area contributed by atoms with Gasteiger partial charge in [0.25, 0.3) is 5.91 Å². The summed E-state index contributed by atoms with van der Waals surface area (Å²) in [4.78, 5) is 34.2. The van der Waals surface area contributed by atoms with Crippen molar-refractivity contribution in [3.8, 4) is 0 Å².